The van der Waals surface area contributed by atoms with Crippen molar-refractivity contribution in [3.8, 4) is 0 Å². The Kier molecular flexibility index (Phi) is 5.60. The van der Waals surface area contributed by atoms with Crippen LogP contribution in [0.1, 0.15) is 13.3 Å². The van der Waals surface area contributed by atoms with Gasteiger partial charge in [-0.05, 0) is 13.0 Å². The van der Waals surface area contributed by atoms with Crippen LogP contribution < -0.4 is 10.6 Å². The van der Waals surface area contributed by atoms with Crippen LogP contribution in [0.5, 0.6) is 0 Å². The fourth-order valence-corrected chi connectivity index (χ4v) is 1.65. The fraction of sp³-hybridized carbons (Fsp3) is 0.900. The molecule has 1 aliphatic heterocycles. The molecule has 0 aliphatic carbocycles. The molecule has 15 heavy (non-hydrogen) atoms. The zero-order chi connectivity index (χ0) is 11.1. The van der Waals surface area contributed by atoms with Crippen molar-refractivity contribution in [2.75, 3.05) is 32.9 Å². The van der Waals surface area contributed by atoms with Gasteiger partial charge in [-0.3, -0.25) is 4.79 Å². The number of carbonyl (C=O) groups is 1. The average Bonchev–Trinajstić information content (AvgIpc) is 2.71. The molecule has 0 aromatic heterocycles. The molecule has 1 aliphatic rings. The second kappa shape index (κ2) is 6.76. The molecule has 1 rings (SSSR count). The summed E-state index contributed by atoms with van der Waals surface area (Å²) in [6.45, 7) is 4.35. The number of ether oxygens (including phenoxy) is 1. The Balaban J connectivity index is 2.34. The summed E-state index contributed by atoms with van der Waals surface area (Å²) in [6, 6.07) is 0.114. The van der Waals surface area contributed by atoms with Crippen LogP contribution in [0, 0.1) is 5.92 Å². The summed E-state index contributed by atoms with van der Waals surface area (Å²) in [5.41, 5.74) is 0. The largest absolute Gasteiger partial charge is 0.395 e. The van der Waals surface area contributed by atoms with E-state index in [1.54, 1.807) is 0 Å². The van der Waals surface area contributed by atoms with E-state index in [2.05, 4.69) is 17.6 Å². The second-order valence-electron chi connectivity index (χ2n) is 3.72. The van der Waals surface area contributed by atoms with Gasteiger partial charge < -0.3 is 20.5 Å². The molecule has 3 N–H and O–H groups in total. The van der Waals surface area contributed by atoms with E-state index in [9.17, 15) is 4.79 Å². The molecule has 1 fully saturated rings. The lowest BCUT2D eigenvalue weighted by Crippen LogP contribution is -2.44. The van der Waals surface area contributed by atoms with E-state index in [0.717, 1.165) is 13.0 Å². The molecule has 1 heterocycles. The summed E-state index contributed by atoms with van der Waals surface area (Å²) in [7, 11) is 0. The van der Waals surface area contributed by atoms with E-state index < -0.39 is 0 Å². The molecular weight excluding hydrogens is 196 g/mol. The first-order chi connectivity index (χ1) is 7.29. The SMILES string of the molecule is CCCNC1COCC1C(=O)NCCO. The van der Waals surface area contributed by atoms with Gasteiger partial charge in [0.1, 0.15) is 0 Å². The Morgan fingerprint density at radius 1 is 1.47 bits per heavy atom. The molecule has 0 aromatic rings. The molecule has 2 atom stereocenters. The Bertz CT molecular complexity index is 199. The molecule has 0 bridgehead atoms. The monoisotopic (exact) mass is 216 g/mol. The number of rotatable bonds is 6. The predicted molar refractivity (Wildman–Crippen MR) is 56.5 cm³/mol. The third kappa shape index (κ3) is 3.77. The molecule has 0 radical (unpaired) electrons. The van der Waals surface area contributed by atoms with E-state index in [0.29, 0.717) is 19.8 Å². The summed E-state index contributed by atoms with van der Waals surface area (Å²) in [4.78, 5) is 11.6. The molecule has 5 heteroatoms. The second-order valence-corrected chi connectivity index (χ2v) is 3.72. The van der Waals surface area contributed by atoms with E-state index in [1.165, 1.54) is 0 Å². The number of aliphatic hydroxyl groups excluding tert-OH is 1. The van der Waals surface area contributed by atoms with Gasteiger partial charge in [-0.1, -0.05) is 6.92 Å². The van der Waals surface area contributed by atoms with Crippen LogP contribution in [0.2, 0.25) is 0 Å². The number of hydrogen-bond acceptors (Lipinski definition) is 4. The maximum atomic E-state index is 11.6. The lowest BCUT2D eigenvalue weighted by molar-refractivity contribution is -0.125. The van der Waals surface area contributed by atoms with Gasteiger partial charge >= 0.3 is 0 Å². The number of amides is 1. The molecule has 0 saturated carbocycles. The van der Waals surface area contributed by atoms with Gasteiger partial charge in [0.15, 0.2) is 0 Å². The van der Waals surface area contributed by atoms with Crippen molar-refractivity contribution in [2.24, 2.45) is 5.92 Å². The molecular formula is C10H20N2O3. The van der Waals surface area contributed by atoms with Gasteiger partial charge in [0.2, 0.25) is 5.91 Å². The number of hydrogen-bond donors (Lipinski definition) is 3. The first-order valence-corrected chi connectivity index (χ1v) is 5.49. The van der Waals surface area contributed by atoms with Crippen molar-refractivity contribution in [1.82, 2.24) is 10.6 Å². The van der Waals surface area contributed by atoms with Gasteiger partial charge in [-0.2, -0.15) is 0 Å². The third-order valence-corrected chi connectivity index (χ3v) is 2.48. The van der Waals surface area contributed by atoms with Gasteiger partial charge in [0.25, 0.3) is 0 Å². The molecule has 2 unspecified atom stereocenters. The first-order valence-electron chi connectivity index (χ1n) is 5.49. The highest BCUT2D eigenvalue weighted by Crippen LogP contribution is 2.13. The van der Waals surface area contributed by atoms with Crippen molar-refractivity contribution in [3.63, 3.8) is 0 Å². The molecule has 1 saturated heterocycles. The van der Waals surface area contributed by atoms with Crippen molar-refractivity contribution in [1.29, 1.82) is 0 Å². The zero-order valence-corrected chi connectivity index (χ0v) is 9.16. The van der Waals surface area contributed by atoms with Crippen molar-refractivity contribution in [2.45, 2.75) is 19.4 Å². The zero-order valence-electron chi connectivity index (χ0n) is 9.16. The standard InChI is InChI=1S/C10H20N2O3/c1-2-3-11-9-7-15-6-8(9)10(14)12-4-5-13/h8-9,11,13H,2-7H2,1H3,(H,12,14). The van der Waals surface area contributed by atoms with E-state index >= 15 is 0 Å². The number of carbonyl (C=O) groups excluding carboxylic acids is 1. The Morgan fingerprint density at radius 2 is 2.27 bits per heavy atom. The van der Waals surface area contributed by atoms with Crippen molar-refractivity contribution in [3.05, 3.63) is 0 Å². The lowest BCUT2D eigenvalue weighted by Gasteiger charge is -2.17. The summed E-state index contributed by atoms with van der Waals surface area (Å²) in [5, 5.41) is 14.6. The van der Waals surface area contributed by atoms with Crippen LogP contribution in [-0.2, 0) is 9.53 Å². The van der Waals surface area contributed by atoms with Crippen LogP contribution in [0.25, 0.3) is 0 Å². The Hall–Kier alpha value is -0.650. The Morgan fingerprint density at radius 3 is 2.93 bits per heavy atom. The van der Waals surface area contributed by atoms with E-state index in [1.807, 2.05) is 0 Å². The molecule has 5 nitrogen and oxygen atoms in total. The summed E-state index contributed by atoms with van der Waals surface area (Å²) in [6.07, 6.45) is 1.04. The highest BCUT2D eigenvalue weighted by Gasteiger charge is 2.33. The normalized spacial score (nSPS) is 25.5. The third-order valence-electron chi connectivity index (χ3n) is 2.48. The maximum absolute atomic E-state index is 11.6. The smallest absolute Gasteiger partial charge is 0.227 e. The number of aliphatic hydroxyl groups is 1. The number of nitrogens with one attached hydrogen (secondary N) is 2. The van der Waals surface area contributed by atoms with Crippen LogP contribution >= 0.6 is 0 Å². The fourth-order valence-electron chi connectivity index (χ4n) is 1.65. The minimum absolute atomic E-state index is 0.0215. The highest BCUT2D eigenvalue weighted by molar-refractivity contribution is 5.79. The van der Waals surface area contributed by atoms with Gasteiger partial charge in [0, 0.05) is 12.6 Å². The summed E-state index contributed by atoms with van der Waals surface area (Å²) >= 11 is 0. The quantitative estimate of drug-likeness (QED) is 0.538. The average molecular weight is 216 g/mol. The van der Waals surface area contributed by atoms with E-state index in [4.69, 9.17) is 9.84 Å². The van der Waals surface area contributed by atoms with Gasteiger partial charge in [0.05, 0.1) is 25.7 Å². The van der Waals surface area contributed by atoms with E-state index in [-0.39, 0.29) is 24.5 Å². The lowest BCUT2D eigenvalue weighted by atomic mass is 10.0. The van der Waals surface area contributed by atoms with Crippen LogP contribution in [-0.4, -0.2) is 50.0 Å². The van der Waals surface area contributed by atoms with Gasteiger partial charge in [-0.25, -0.2) is 0 Å². The summed E-state index contributed by atoms with van der Waals surface area (Å²) < 4.78 is 5.28. The summed E-state index contributed by atoms with van der Waals surface area (Å²) in [5.74, 6) is -0.154. The van der Waals surface area contributed by atoms with Crippen molar-refractivity contribution < 1.29 is 14.6 Å². The molecule has 0 aromatic carbocycles. The van der Waals surface area contributed by atoms with Crippen LogP contribution in [0.15, 0.2) is 0 Å². The first kappa shape index (κ1) is 12.4. The predicted octanol–water partition coefficient (Wildman–Crippen LogP) is -0.890. The minimum Gasteiger partial charge on any atom is -0.395 e. The Labute approximate surface area is 90.2 Å². The topological polar surface area (TPSA) is 70.6 Å². The molecule has 1 amide bonds. The van der Waals surface area contributed by atoms with Crippen LogP contribution in [0.3, 0.4) is 0 Å². The van der Waals surface area contributed by atoms with Gasteiger partial charge in [-0.15, -0.1) is 0 Å². The highest BCUT2D eigenvalue weighted by atomic mass is 16.5. The molecule has 0 spiro atoms. The maximum Gasteiger partial charge on any atom is 0.227 e. The van der Waals surface area contributed by atoms with Crippen molar-refractivity contribution >= 4 is 5.91 Å². The van der Waals surface area contributed by atoms with Crippen LogP contribution in [0.4, 0.5) is 0 Å². The minimum atomic E-state index is -0.122. The molecule has 88 valence electrons.